The number of hydrogen-bond donors (Lipinski definition) is 0. The monoisotopic (exact) mass is 534 g/mol. The largest absolute Gasteiger partial charge is 0.573 e. The Balaban J connectivity index is 1.42. The fourth-order valence-corrected chi connectivity index (χ4v) is 5.98. The highest BCUT2D eigenvalue weighted by atomic mass is 19.4. The molecular formula is C27H29F7O3. The van der Waals surface area contributed by atoms with E-state index in [4.69, 9.17) is 4.74 Å². The number of ether oxygens (including phenoxy) is 2. The first-order chi connectivity index (χ1) is 17.5. The lowest BCUT2D eigenvalue weighted by Crippen LogP contribution is -2.44. The molecule has 0 aromatic heterocycles. The molecule has 2 aliphatic rings. The lowest BCUT2D eigenvalue weighted by atomic mass is 9.67. The molecule has 0 spiro atoms. The van der Waals surface area contributed by atoms with Crippen molar-refractivity contribution in [3.05, 3.63) is 35.9 Å². The fraction of sp³-hybridized carbons (Fsp3) is 0.593. The van der Waals surface area contributed by atoms with Crippen LogP contribution in [0.5, 0.6) is 11.5 Å². The molecule has 0 heterocycles. The van der Waals surface area contributed by atoms with Crippen molar-refractivity contribution in [3.63, 3.8) is 0 Å². The first kappa shape index (κ1) is 27.5. The zero-order valence-electron chi connectivity index (χ0n) is 20.3. The van der Waals surface area contributed by atoms with Crippen LogP contribution in [0.25, 0.3) is 10.8 Å². The average molecular weight is 535 g/mol. The van der Waals surface area contributed by atoms with Crippen LogP contribution in [0.1, 0.15) is 58.3 Å². The van der Waals surface area contributed by atoms with Crippen molar-refractivity contribution in [3.8, 4) is 11.5 Å². The number of carbonyl (C=O) groups is 1. The standard InChI is InChI=1S/C27H29F7O3/c1-2-3-14-4-6-15(7-5-14)16-11-20(28)23(21(29)12-16)26(35)36-18-8-9-19-17(10-18)13-22(30)25(24(19)31)37-27(32,33)34/h8-10,13-16,20-21,23H,2-7,11-12H2,1H3. The summed E-state index contributed by atoms with van der Waals surface area (Å²) in [6.45, 7) is 2.14. The molecule has 0 aliphatic heterocycles. The summed E-state index contributed by atoms with van der Waals surface area (Å²) < 4.78 is 104. The Morgan fingerprint density at radius 3 is 2.22 bits per heavy atom. The van der Waals surface area contributed by atoms with E-state index < -0.39 is 53.4 Å². The van der Waals surface area contributed by atoms with Crippen LogP contribution >= 0.6 is 0 Å². The SMILES string of the molecule is CCCC1CCC(C2CC(F)C(C(=O)Oc3ccc4c(F)c(OC(F)(F)F)c(F)cc4c3)C(F)C2)CC1. The van der Waals surface area contributed by atoms with Crippen LogP contribution < -0.4 is 9.47 Å². The van der Waals surface area contributed by atoms with E-state index in [1.807, 2.05) is 0 Å². The highest BCUT2D eigenvalue weighted by Crippen LogP contribution is 2.44. The number of hydrogen-bond acceptors (Lipinski definition) is 3. The number of rotatable bonds is 6. The summed E-state index contributed by atoms with van der Waals surface area (Å²) in [4.78, 5) is 12.7. The first-order valence-corrected chi connectivity index (χ1v) is 12.6. The summed E-state index contributed by atoms with van der Waals surface area (Å²) in [5.41, 5.74) is 0. The van der Waals surface area contributed by atoms with Gasteiger partial charge in [0.25, 0.3) is 0 Å². The van der Waals surface area contributed by atoms with Gasteiger partial charge >= 0.3 is 12.3 Å². The Morgan fingerprint density at radius 2 is 1.62 bits per heavy atom. The first-order valence-electron chi connectivity index (χ1n) is 12.6. The van der Waals surface area contributed by atoms with Gasteiger partial charge in [-0.2, -0.15) is 0 Å². The predicted molar refractivity (Wildman–Crippen MR) is 123 cm³/mol. The molecule has 0 amide bonds. The van der Waals surface area contributed by atoms with E-state index in [1.165, 1.54) is 6.42 Å². The molecule has 4 rings (SSSR count). The van der Waals surface area contributed by atoms with Gasteiger partial charge in [0.15, 0.2) is 11.6 Å². The molecule has 2 aromatic rings. The second kappa shape index (κ2) is 11.1. The van der Waals surface area contributed by atoms with E-state index in [1.54, 1.807) is 0 Å². The third-order valence-electron chi connectivity index (χ3n) is 7.76. The maximum absolute atomic E-state index is 15.0. The molecule has 2 fully saturated rings. The molecule has 0 radical (unpaired) electrons. The molecule has 204 valence electrons. The molecule has 3 nitrogen and oxygen atoms in total. The predicted octanol–water partition coefficient (Wildman–Crippen LogP) is 8.23. The number of halogens is 7. The minimum absolute atomic E-state index is 0.0689. The zero-order valence-corrected chi connectivity index (χ0v) is 20.3. The quantitative estimate of drug-likeness (QED) is 0.213. The Kier molecular flexibility index (Phi) is 8.23. The molecule has 2 atom stereocenters. The summed E-state index contributed by atoms with van der Waals surface area (Å²) in [6, 6.07) is 3.63. The van der Waals surface area contributed by atoms with E-state index in [2.05, 4.69) is 11.7 Å². The maximum Gasteiger partial charge on any atom is 0.573 e. The van der Waals surface area contributed by atoms with Crippen LogP contribution in [-0.2, 0) is 4.79 Å². The third kappa shape index (κ3) is 6.32. The fourth-order valence-electron chi connectivity index (χ4n) is 5.98. The van der Waals surface area contributed by atoms with Crippen molar-refractivity contribution in [1.82, 2.24) is 0 Å². The molecule has 2 saturated carbocycles. The Bertz CT molecular complexity index is 1100. The average Bonchev–Trinajstić information content (AvgIpc) is 2.81. The normalized spacial score (nSPS) is 28.8. The molecule has 37 heavy (non-hydrogen) atoms. The number of benzene rings is 2. The highest BCUT2D eigenvalue weighted by Gasteiger charge is 2.46. The van der Waals surface area contributed by atoms with Crippen molar-refractivity contribution in [2.45, 2.75) is 77.0 Å². The summed E-state index contributed by atoms with van der Waals surface area (Å²) in [7, 11) is 0. The van der Waals surface area contributed by atoms with E-state index in [0.717, 1.165) is 50.3 Å². The van der Waals surface area contributed by atoms with Crippen LogP contribution in [0.15, 0.2) is 24.3 Å². The van der Waals surface area contributed by atoms with Gasteiger partial charge in [0.05, 0.1) is 0 Å². The Hall–Kier alpha value is -2.52. The number of alkyl halides is 5. The van der Waals surface area contributed by atoms with Gasteiger partial charge in [-0.05, 0) is 73.1 Å². The van der Waals surface area contributed by atoms with Crippen molar-refractivity contribution >= 4 is 16.7 Å². The van der Waals surface area contributed by atoms with E-state index in [9.17, 15) is 26.7 Å². The van der Waals surface area contributed by atoms with Gasteiger partial charge < -0.3 is 9.47 Å². The van der Waals surface area contributed by atoms with Gasteiger partial charge in [-0.3, -0.25) is 4.79 Å². The maximum atomic E-state index is 15.0. The molecular weight excluding hydrogens is 505 g/mol. The third-order valence-corrected chi connectivity index (χ3v) is 7.76. The summed E-state index contributed by atoms with van der Waals surface area (Å²) in [6.07, 6.45) is -2.35. The lowest BCUT2D eigenvalue weighted by Gasteiger charge is -2.40. The molecule has 0 N–H and O–H groups in total. The molecule has 2 aliphatic carbocycles. The molecule has 2 aromatic carbocycles. The van der Waals surface area contributed by atoms with Crippen LogP contribution in [0.4, 0.5) is 30.7 Å². The van der Waals surface area contributed by atoms with Crippen molar-refractivity contribution < 1.29 is 45.0 Å². The minimum Gasteiger partial charge on any atom is -0.426 e. The molecule has 10 heteroatoms. The van der Waals surface area contributed by atoms with Gasteiger partial charge in [-0.1, -0.05) is 32.6 Å². The van der Waals surface area contributed by atoms with Gasteiger partial charge in [-0.15, -0.1) is 13.2 Å². The van der Waals surface area contributed by atoms with Crippen LogP contribution in [0.2, 0.25) is 0 Å². The number of carbonyl (C=O) groups excluding carboxylic acids is 1. The van der Waals surface area contributed by atoms with E-state index >= 15 is 8.78 Å². The Morgan fingerprint density at radius 1 is 0.973 bits per heavy atom. The topological polar surface area (TPSA) is 35.5 Å². The summed E-state index contributed by atoms with van der Waals surface area (Å²) in [5.74, 6) is -7.04. The summed E-state index contributed by atoms with van der Waals surface area (Å²) in [5, 5.41) is -0.632. The van der Waals surface area contributed by atoms with Crippen LogP contribution in [0, 0.1) is 35.3 Å². The highest BCUT2D eigenvalue weighted by molar-refractivity contribution is 5.87. The minimum atomic E-state index is -5.30. The van der Waals surface area contributed by atoms with E-state index in [0.29, 0.717) is 12.0 Å². The van der Waals surface area contributed by atoms with Crippen molar-refractivity contribution in [2.75, 3.05) is 0 Å². The van der Waals surface area contributed by atoms with Crippen LogP contribution in [0.3, 0.4) is 0 Å². The van der Waals surface area contributed by atoms with Crippen molar-refractivity contribution in [2.24, 2.45) is 23.7 Å². The summed E-state index contributed by atoms with van der Waals surface area (Å²) >= 11 is 0. The van der Waals surface area contributed by atoms with Gasteiger partial charge in [0, 0.05) is 5.39 Å². The number of fused-ring (bicyclic) bond motifs is 1. The Labute approximate surface area is 210 Å². The molecule has 2 unspecified atom stereocenters. The van der Waals surface area contributed by atoms with Crippen molar-refractivity contribution in [1.29, 1.82) is 0 Å². The zero-order chi connectivity index (χ0) is 26.9. The van der Waals surface area contributed by atoms with Gasteiger partial charge in [0.2, 0.25) is 5.75 Å². The number of esters is 1. The second-order valence-corrected chi connectivity index (χ2v) is 10.2. The van der Waals surface area contributed by atoms with Gasteiger partial charge in [0.1, 0.15) is 24.0 Å². The van der Waals surface area contributed by atoms with E-state index in [-0.39, 0.29) is 35.8 Å². The smallest absolute Gasteiger partial charge is 0.426 e. The molecule has 0 saturated heterocycles. The van der Waals surface area contributed by atoms with Crippen LogP contribution in [-0.4, -0.2) is 24.7 Å². The second-order valence-electron chi connectivity index (χ2n) is 10.2. The lowest BCUT2D eigenvalue weighted by molar-refractivity contribution is -0.276. The molecule has 0 bridgehead atoms. The van der Waals surface area contributed by atoms with Gasteiger partial charge in [-0.25, -0.2) is 17.6 Å².